The Morgan fingerprint density at radius 3 is 2.75 bits per heavy atom. The van der Waals surface area contributed by atoms with Crippen LogP contribution in [0.5, 0.6) is 5.75 Å². The highest BCUT2D eigenvalue weighted by Crippen LogP contribution is 2.32. The van der Waals surface area contributed by atoms with E-state index >= 15 is 0 Å². The van der Waals surface area contributed by atoms with Crippen molar-refractivity contribution in [3.8, 4) is 16.9 Å². The van der Waals surface area contributed by atoms with E-state index < -0.39 is 0 Å². The number of benzene rings is 1. The molecule has 1 atom stereocenters. The summed E-state index contributed by atoms with van der Waals surface area (Å²) in [4.78, 5) is 27.6. The Morgan fingerprint density at radius 2 is 2.00 bits per heavy atom. The molecule has 0 spiro atoms. The molecule has 1 amide bonds. The van der Waals surface area contributed by atoms with Crippen molar-refractivity contribution in [1.29, 1.82) is 0 Å². The molecule has 0 N–H and O–H groups in total. The average Bonchev–Trinajstić information content (AvgIpc) is 3.25. The molecule has 28 heavy (non-hydrogen) atoms. The molecule has 4 rings (SSSR count). The predicted octanol–water partition coefficient (Wildman–Crippen LogP) is 3.45. The number of aromatic nitrogens is 3. The molecule has 1 aromatic carbocycles. The smallest absolute Gasteiger partial charge is 0.227 e. The minimum absolute atomic E-state index is 0.0270. The second-order valence-corrected chi connectivity index (χ2v) is 6.87. The number of carbonyl (C=O) groups excluding carboxylic acids is 1. The number of carbonyl (C=O) groups is 1. The summed E-state index contributed by atoms with van der Waals surface area (Å²) in [7, 11) is 1.63. The molecule has 3 heterocycles. The molecule has 1 aliphatic rings. The molecule has 0 radical (unpaired) electrons. The van der Waals surface area contributed by atoms with Gasteiger partial charge in [-0.1, -0.05) is 18.2 Å². The lowest BCUT2D eigenvalue weighted by Gasteiger charge is -2.24. The second kappa shape index (κ2) is 8.17. The maximum Gasteiger partial charge on any atom is 0.227 e. The highest BCUT2D eigenvalue weighted by molar-refractivity contribution is 5.79. The lowest BCUT2D eigenvalue weighted by Crippen LogP contribution is -2.32. The standard InChI is InChI=1S/C22H22N4O2/c1-28-19-5-2-4-16(10-19)11-22(27)26-9-3-6-21(26)20-8-7-17(14-25-20)18-12-23-15-24-13-18/h2,4-5,7-8,10,12-15,21H,3,6,9,11H2,1H3/t21-/m0/s1. The predicted molar refractivity (Wildman–Crippen MR) is 106 cm³/mol. The van der Waals surface area contributed by atoms with Crippen molar-refractivity contribution < 1.29 is 9.53 Å². The van der Waals surface area contributed by atoms with E-state index in [0.717, 1.165) is 47.5 Å². The Morgan fingerprint density at radius 1 is 1.14 bits per heavy atom. The Hall–Kier alpha value is -3.28. The minimum Gasteiger partial charge on any atom is -0.497 e. The van der Waals surface area contributed by atoms with E-state index in [9.17, 15) is 4.79 Å². The summed E-state index contributed by atoms with van der Waals surface area (Å²) < 4.78 is 5.26. The molecular formula is C22H22N4O2. The third-order valence-corrected chi connectivity index (χ3v) is 5.08. The van der Waals surface area contributed by atoms with E-state index in [1.165, 1.54) is 6.33 Å². The third kappa shape index (κ3) is 3.86. The zero-order chi connectivity index (χ0) is 19.3. The van der Waals surface area contributed by atoms with Gasteiger partial charge in [-0.3, -0.25) is 9.78 Å². The number of nitrogens with zero attached hydrogens (tertiary/aromatic N) is 4. The molecule has 6 heteroatoms. The molecular weight excluding hydrogens is 352 g/mol. The van der Waals surface area contributed by atoms with Gasteiger partial charge in [-0.15, -0.1) is 0 Å². The number of ether oxygens (including phenoxy) is 1. The van der Waals surface area contributed by atoms with Gasteiger partial charge in [0, 0.05) is 36.3 Å². The van der Waals surface area contributed by atoms with Crippen molar-refractivity contribution in [2.75, 3.05) is 13.7 Å². The topological polar surface area (TPSA) is 68.2 Å². The first-order chi connectivity index (χ1) is 13.7. The van der Waals surface area contributed by atoms with Crippen LogP contribution in [0.4, 0.5) is 0 Å². The molecule has 1 aliphatic heterocycles. The first-order valence-electron chi connectivity index (χ1n) is 9.38. The number of pyridine rings is 1. The van der Waals surface area contributed by atoms with E-state index in [-0.39, 0.29) is 11.9 Å². The number of hydrogen-bond acceptors (Lipinski definition) is 5. The van der Waals surface area contributed by atoms with Gasteiger partial charge in [0.25, 0.3) is 0 Å². The maximum absolute atomic E-state index is 12.9. The van der Waals surface area contributed by atoms with Crippen molar-refractivity contribution in [3.63, 3.8) is 0 Å². The summed E-state index contributed by atoms with van der Waals surface area (Å²) in [5, 5.41) is 0. The van der Waals surface area contributed by atoms with Gasteiger partial charge in [-0.25, -0.2) is 9.97 Å². The lowest BCUT2D eigenvalue weighted by atomic mass is 10.1. The molecule has 0 saturated carbocycles. The number of likely N-dealkylation sites (tertiary alicyclic amines) is 1. The molecule has 1 saturated heterocycles. The largest absolute Gasteiger partial charge is 0.497 e. The molecule has 0 unspecified atom stereocenters. The fourth-order valence-corrected chi connectivity index (χ4v) is 3.65. The van der Waals surface area contributed by atoms with Crippen LogP contribution in [0.2, 0.25) is 0 Å². The number of hydrogen-bond donors (Lipinski definition) is 0. The van der Waals surface area contributed by atoms with Gasteiger partial charge < -0.3 is 9.64 Å². The van der Waals surface area contributed by atoms with Crippen LogP contribution in [-0.2, 0) is 11.2 Å². The summed E-state index contributed by atoms with van der Waals surface area (Å²) in [5.41, 5.74) is 3.79. The first-order valence-corrected chi connectivity index (χ1v) is 9.38. The fraction of sp³-hybridized carbons (Fsp3) is 0.273. The average molecular weight is 374 g/mol. The van der Waals surface area contributed by atoms with Crippen LogP contribution in [0, 0.1) is 0 Å². The zero-order valence-corrected chi connectivity index (χ0v) is 15.8. The monoisotopic (exact) mass is 374 g/mol. The van der Waals surface area contributed by atoms with E-state index in [1.54, 1.807) is 19.5 Å². The summed E-state index contributed by atoms with van der Waals surface area (Å²) in [6.45, 7) is 0.767. The second-order valence-electron chi connectivity index (χ2n) is 6.87. The van der Waals surface area contributed by atoms with E-state index in [2.05, 4.69) is 15.0 Å². The van der Waals surface area contributed by atoms with Gasteiger partial charge in [0.1, 0.15) is 12.1 Å². The summed E-state index contributed by atoms with van der Waals surface area (Å²) in [6.07, 6.45) is 9.17. The quantitative estimate of drug-likeness (QED) is 0.684. The van der Waals surface area contributed by atoms with Crippen LogP contribution in [0.25, 0.3) is 11.1 Å². The minimum atomic E-state index is 0.0270. The Bertz CT molecular complexity index is 944. The Labute approximate surface area is 164 Å². The number of rotatable bonds is 5. The van der Waals surface area contributed by atoms with Crippen LogP contribution in [0.1, 0.15) is 30.1 Å². The number of amides is 1. The van der Waals surface area contributed by atoms with Crippen molar-refractivity contribution in [2.45, 2.75) is 25.3 Å². The summed E-state index contributed by atoms with van der Waals surface area (Å²) in [5.74, 6) is 0.892. The van der Waals surface area contributed by atoms with Crippen molar-refractivity contribution >= 4 is 5.91 Å². The van der Waals surface area contributed by atoms with Crippen LogP contribution in [-0.4, -0.2) is 39.4 Å². The van der Waals surface area contributed by atoms with E-state index in [1.807, 2.05) is 47.5 Å². The van der Waals surface area contributed by atoms with Crippen molar-refractivity contribution in [3.05, 3.63) is 72.6 Å². The van der Waals surface area contributed by atoms with Crippen LogP contribution in [0.15, 0.2) is 61.3 Å². The SMILES string of the molecule is COc1cccc(CC(=O)N2CCC[C@H]2c2ccc(-c3cncnc3)cn2)c1. The van der Waals surface area contributed by atoms with Gasteiger partial charge in [0.15, 0.2) is 0 Å². The van der Waals surface area contributed by atoms with Crippen LogP contribution in [0.3, 0.4) is 0 Å². The molecule has 1 fully saturated rings. The van der Waals surface area contributed by atoms with Crippen LogP contribution < -0.4 is 4.74 Å². The van der Waals surface area contributed by atoms with E-state index in [4.69, 9.17) is 4.74 Å². The summed E-state index contributed by atoms with van der Waals surface area (Å²) in [6, 6.07) is 11.7. The molecule has 2 aromatic heterocycles. The van der Waals surface area contributed by atoms with Crippen LogP contribution >= 0.6 is 0 Å². The lowest BCUT2D eigenvalue weighted by molar-refractivity contribution is -0.131. The third-order valence-electron chi connectivity index (χ3n) is 5.08. The maximum atomic E-state index is 12.9. The van der Waals surface area contributed by atoms with Crippen molar-refractivity contribution in [2.24, 2.45) is 0 Å². The molecule has 0 aliphatic carbocycles. The fourth-order valence-electron chi connectivity index (χ4n) is 3.65. The highest BCUT2D eigenvalue weighted by Gasteiger charge is 2.30. The Kier molecular flexibility index (Phi) is 5.28. The number of methoxy groups -OCH3 is 1. The van der Waals surface area contributed by atoms with E-state index in [0.29, 0.717) is 6.42 Å². The molecule has 0 bridgehead atoms. The summed E-state index contributed by atoms with van der Waals surface area (Å²) >= 11 is 0. The van der Waals surface area contributed by atoms with Crippen molar-refractivity contribution in [1.82, 2.24) is 19.9 Å². The molecule has 6 nitrogen and oxygen atoms in total. The highest BCUT2D eigenvalue weighted by atomic mass is 16.5. The normalized spacial score (nSPS) is 16.2. The van der Waals surface area contributed by atoms with Gasteiger partial charge in [-0.05, 0) is 36.6 Å². The molecule has 142 valence electrons. The van der Waals surface area contributed by atoms with Gasteiger partial charge in [0.2, 0.25) is 5.91 Å². The van der Waals surface area contributed by atoms with Gasteiger partial charge in [0.05, 0.1) is 25.3 Å². The zero-order valence-electron chi connectivity index (χ0n) is 15.8. The molecule has 3 aromatic rings. The Balaban J connectivity index is 1.49. The van der Waals surface area contributed by atoms with Gasteiger partial charge >= 0.3 is 0 Å². The first kappa shape index (κ1) is 18.1. The van der Waals surface area contributed by atoms with Gasteiger partial charge in [-0.2, -0.15) is 0 Å².